The van der Waals surface area contributed by atoms with Crippen LogP contribution in [-0.4, -0.2) is 34.8 Å². The number of benzene rings is 2. The molecule has 2 atom stereocenters. The quantitative estimate of drug-likeness (QED) is 0.683. The fourth-order valence-corrected chi connectivity index (χ4v) is 4.79. The Labute approximate surface area is 188 Å². The van der Waals surface area contributed by atoms with Gasteiger partial charge in [0.2, 0.25) is 0 Å². The average Bonchev–Trinajstić information content (AvgIpc) is 3.06. The molecule has 0 unspecified atom stereocenters. The molecule has 2 aromatic carbocycles. The number of amides is 1. The molecule has 2 heterocycles. The third-order valence-corrected chi connectivity index (χ3v) is 6.41. The number of aliphatic hydroxyl groups is 1. The molecule has 1 saturated heterocycles. The first kappa shape index (κ1) is 22.3. The van der Waals surface area contributed by atoms with Crippen molar-refractivity contribution in [3.63, 3.8) is 0 Å². The monoisotopic (exact) mass is 437 g/mol. The van der Waals surface area contributed by atoms with Gasteiger partial charge in [0, 0.05) is 29.7 Å². The summed E-state index contributed by atoms with van der Waals surface area (Å²) >= 11 is 0. The standard InChI is InChI=1S/C26H31NO5/c1-15-20(11-10-19-12-18(28)13-22(29)31-19)24-21(14-26(3,4)32-24)16(2)23(15)27-25(30)17-8-6-5-7-9-17/h5-9,18-19,28H,10-14H2,1-4H3,(H,27,30)/t18-,19-/m1/s1. The first-order chi connectivity index (χ1) is 15.1. The number of hydrogen-bond donors (Lipinski definition) is 2. The van der Waals surface area contributed by atoms with Gasteiger partial charge in [-0.05, 0) is 69.4 Å². The van der Waals surface area contributed by atoms with Crippen molar-refractivity contribution in [3.05, 3.63) is 58.1 Å². The number of cyclic esters (lactones) is 1. The fraction of sp³-hybridized carbons (Fsp3) is 0.462. The molecule has 6 nitrogen and oxygen atoms in total. The van der Waals surface area contributed by atoms with Gasteiger partial charge in [-0.25, -0.2) is 0 Å². The van der Waals surface area contributed by atoms with Crippen molar-refractivity contribution in [2.24, 2.45) is 0 Å². The molecule has 0 spiro atoms. The Hall–Kier alpha value is -2.86. The number of esters is 1. The number of fused-ring (bicyclic) bond motifs is 1. The summed E-state index contributed by atoms with van der Waals surface area (Å²) in [7, 11) is 0. The minimum absolute atomic E-state index is 0.0580. The van der Waals surface area contributed by atoms with E-state index in [-0.39, 0.29) is 30.0 Å². The summed E-state index contributed by atoms with van der Waals surface area (Å²) in [6.07, 6.45) is 1.51. The molecule has 4 rings (SSSR count). The van der Waals surface area contributed by atoms with Crippen molar-refractivity contribution in [1.82, 2.24) is 0 Å². The van der Waals surface area contributed by atoms with E-state index in [9.17, 15) is 14.7 Å². The molecule has 0 radical (unpaired) electrons. The van der Waals surface area contributed by atoms with E-state index in [1.807, 2.05) is 32.0 Å². The zero-order valence-corrected chi connectivity index (χ0v) is 19.2. The number of aliphatic hydroxyl groups excluding tert-OH is 1. The smallest absolute Gasteiger partial charge is 0.308 e. The highest BCUT2D eigenvalue weighted by Gasteiger charge is 2.36. The van der Waals surface area contributed by atoms with Crippen LogP contribution in [0.15, 0.2) is 30.3 Å². The number of carbonyl (C=O) groups excluding carboxylic acids is 2. The predicted octanol–water partition coefficient (Wildman–Crippen LogP) is 4.27. The number of hydrogen-bond acceptors (Lipinski definition) is 5. The minimum atomic E-state index is -0.651. The Balaban J connectivity index is 1.66. The molecule has 2 aliphatic heterocycles. The van der Waals surface area contributed by atoms with Gasteiger partial charge in [0.1, 0.15) is 17.5 Å². The molecule has 2 aliphatic rings. The topological polar surface area (TPSA) is 84.9 Å². The molecule has 0 bridgehead atoms. The summed E-state index contributed by atoms with van der Waals surface area (Å²) in [5.74, 6) is 0.378. The molecule has 0 aromatic heterocycles. The second kappa shape index (κ2) is 8.58. The van der Waals surface area contributed by atoms with Crippen LogP contribution in [0.2, 0.25) is 0 Å². The van der Waals surface area contributed by atoms with Crippen molar-refractivity contribution in [1.29, 1.82) is 0 Å². The van der Waals surface area contributed by atoms with Crippen LogP contribution >= 0.6 is 0 Å². The van der Waals surface area contributed by atoms with Crippen LogP contribution in [0.1, 0.15) is 65.7 Å². The number of anilines is 1. The summed E-state index contributed by atoms with van der Waals surface area (Å²) in [6.45, 7) is 8.15. The van der Waals surface area contributed by atoms with Crippen molar-refractivity contribution in [2.45, 2.75) is 77.6 Å². The second-order valence-electron chi connectivity index (χ2n) is 9.51. The van der Waals surface area contributed by atoms with E-state index >= 15 is 0 Å². The maximum Gasteiger partial charge on any atom is 0.308 e. The lowest BCUT2D eigenvalue weighted by Gasteiger charge is -2.27. The van der Waals surface area contributed by atoms with Gasteiger partial charge in [-0.1, -0.05) is 18.2 Å². The molecule has 0 aliphatic carbocycles. The Bertz CT molecular complexity index is 1040. The van der Waals surface area contributed by atoms with Crippen molar-refractivity contribution in [2.75, 3.05) is 5.32 Å². The second-order valence-corrected chi connectivity index (χ2v) is 9.51. The highest BCUT2D eigenvalue weighted by Crippen LogP contribution is 2.45. The van der Waals surface area contributed by atoms with Gasteiger partial charge in [-0.15, -0.1) is 0 Å². The Morgan fingerprint density at radius 2 is 1.91 bits per heavy atom. The van der Waals surface area contributed by atoms with E-state index in [0.717, 1.165) is 40.1 Å². The maximum absolute atomic E-state index is 12.9. The summed E-state index contributed by atoms with van der Waals surface area (Å²) in [5.41, 5.74) is 5.21. The van der Waals surface area contributed by atoms with Gasteiger partial charge < -0.3 is 19.9 Å². The molecular formula is C26H31NO5. The van der Waals surface area contributed by atoms with Crippen molar-refractivity contribution >= 4 is 17.6 Å². The van der Waals surface area contributed by atoms with E-state index < -0.39 is 6.10 Å². The Morgan fingerprint density at radius 1 is 1.19 bits per heavy atom. The summed E-state index contributed by atoms with van der Waals surface area (Å²) in [4.78, 5) is 24.6. The van der Waals surface area contributed by atoms with E-state index in [0.29, 0.717) is 24.8 Å². The van der Waals surface area contributed by atoms with Gasteiger partial charge in [0.05, 0.1) is 12.5 Å². The minimum Gasteiger partial charge on any atom is -0.487 e. The Morgan fingerprint density at radius 3 is 2.59 bits per heavy atom. The number of ether oxygens (including phenoxy) is 2. The first-order valence-electron chi connectivity index (χ1n) is 11.2. The molecule has 170 valence electrons. The number of rotatable bonds is 5. The largest absolute Gasteiger partial charge is 0.487 e. The van der Waals surface area contributed by atoms with E-state index in [1.165, 1.54) is 0 Å². The van der Waals surface area contributed by atoms with Crippen molar-refractivity contribution in [3.8, 4) is 5.75 Å². The van der Waals surface area contributed by atoms with Crippen LogP contribution in [0.5, 0.6) is 5.75 Å². The molecular weight excluding hydrogens is 406 g/mol. The third-order valence-electron chi connectivity index (χ3n) is 6.41. The lowest BCUT2D eigenvalue weighted by atomic mass is 9.89. The number of carbonyl (C=O) groups is 2. The summed E-state index contributed by atoms with van der Waals surface area (Å²) in [5, 5.41) is 13.1. The SMILES string of the molecule is Cc1c(CC[C@@H]2C[C@@H](O)CC(=O)O2)c2c(c(C)c1NC(=O)c1ccccc1)CC(C)(C)O2. The molecule has 32 heavy (non-hydrogen) atoms. The normalized spacial score (nSPS) is 21.5. The predicted molar refractivity (Wildman–Crippen MR) is 122 cm³/mol. The summed E-state index contributed by atoms with van der Waals surface area (Å²) < 4.78 is 11.8. The average molecular weight is 438 g/mol. The van der Waals surface area contributed by atoms with Crippen molar-refractivity contribution < 1.29 is 24.2 Å². The van der Waals surface area contributed by atoms with Gasteiger partial charge in [0.25, 0.3) is 5.91 Å². The molecule has 6 heteroatoms. The highest BCUT2D eigenvalue weighted by atomic mass is 16.5. The maximum atomic E-state index is 12.9. The van der Waals surface area contributed by atoms with E-state index in [4.69, 9.17) is 9.47 Å². The van der Waals surface area contributed by atoms with Crippen LogP contribution in [0.25, 0.3) is 0 Å². The first-order valence-corrected chi connectivity index (χ1v) is 11.2. The van der Waals surface area contributed by atoms with Crippen LogP contribution in [0, 0.1) is 13.8 Å². The lowest BCUT2D eigenvalue weighted by molar-refractivity contribution is -0.160. The highest BCUT2D eigenvalue weighted by molar-refractivity contribution is 6.05. The summed E-state index contributed by atoms with van der Waals surface area (Å²) in [6, 6.07) is 9.17. The van der Waals surface area contributed by atoms with Gasteiger partial charge in [-0.2, -0.15) is 0 Å². The van der Waals surface area contributed by atoms with Crippen LogP contribution in [-0.2, 0) is 22.4 Å². The lowest BCUT2D eigenvalue weighted by Crippen LogP contribution is -2.32. The van der Waals surface area contributed by atoms with Gasteiger partial charge in [-0.3, -0.25) is 9.59 Å². The van der Waals surface area contributed by atoms with E-state index in [1.54, 1.807) is 12.1 Å². The zero-order chi connectivity index (χ0) is 23.0. The van der Waals surface area contributed by atoms with E-state index in [2.05, 4.69) is 19.2 Å². The molecule has 1 amide bonds. The van der Waals surface area contributed by atoms with Crippen LogP contribution in [0.3, 0.4) is 0 Å². The van der Waals surface area contributed by atoms with Gasteiger partial charge in [0.15, 0.2) is 0 Å². The molecule has 1 fully saturated rings. The fourth-order valence-electron chi connectivity index (χ4n) is 4.79. The van der Waals surface area contributed by atoms with Crippen LogP contribution in [0.4, 0.5) is 5.69 Å². The van der Waals surface area contributed by atoms with Gasteiger partial charge >= 0.3 is 5.97 Å². The Kier molecular flexibility index (Phi) is 5.99. The molecule has 0 saturated carbocycles. The third kappa shape index (κ3) is 4.51. The van der Waals surface area contributed by atoms with Crippen LogP contribution < -0.4 is 10.1 Å². The number of nitrogens with one attached hydrogen (secondary N) is 1. The zero-order valence-electron chi connectivity index (χ0n) is 19.2. The molecule has 2 N–H and O–H groups in total. The molecule has 2 aromatic rings.